The van der Waals surface area contributed by atoms with Gasteiger partial charge in [-0.15, -0.1) is 0 Å². The number of halogens is 1. The van der Waals surface area contributed by atoms with Crippen molar-refractivity contribution in [1.82, 2.24) is 9.80 Å². The van der Waals surface area contributed by atoms with Gasteiger partial charge in [0.2, 0.25) is 0 Å². The highest BCUT2D eigenvalue weighted by Crippen LogP contribution is 2.26. The molecule has 33 heavy (non-hydrogen) atoms. The van der Waals surface area contributed by atoms with E-state index in [4.69, 9.17) is 4.74 Å². The maximum Gasteiger partial charge on any atom is 0.332 e. The van der Waals surface area contributed by atoms with Crippen molar-refractivity contribution < 1.29 is 19.1 Å². The van der Waals surface area contributed by atoms with E-state index < -0.39 is 0 Å². The van der Waals surface area contributed by atoms with E-state index in [0.717, 1.165) is 5.56 Å². The van der Waals surface area contributed by atoms with Crippen molar-refractivity contribution in [2.75, 3.05) is 31.1 Å². The molecule has 0 unspecified atom stereocenters. The third kappa shape index (κ3) is 5.62. The van der Waals surface area contributed by atoms with Crippen LogP contribution in [0.15, 0.2) is 54.6 Å². The molecule has 9 heteroatoms. The predicted molar refractivity (Wildman–Crippen MR) is 136 cm³/mol. The molecule has 2 saturated heterocycles. The Morgan fingerprint density at radius 1 is 1.06 bits per heavy atom. The lowest BCUT2D eigenvalue weighted by Gasteiger charge is -2.36. The van der Waals surface area contributed by atoms with Gasteiger partial charge in [0.15, 0.2) is 6.61 Å². The van der Waals surface area contributed by atoms with E-state index in [9.17, 15) is 14.4 Å². The second kappa shape index (κ2) is 10.9. The zero-order valence-corrected chi connectivity index (χ0v) is 20.8. The summed E-state index contributed by atoms with van der Waals surface area (Å²) in [6, 6.07) is 15.9. The summed E-state index contributed by atoms with van der Waals surface area (Å²) < 4.78 is 5.64. The Kier molecular flexibility index (Phi) is 7.77. The number of benzene rings is 2. The fourth-order valence-electron chi connectivity index (χ4n) is 4.01. The van der Waals surface area contributed by atoms with Gasteiger partial charge in [-0.2, -0.15) is 0 Å². The average Bonchev–Trinajstić information content (AvgIpc) is 3.16. The van der Waals surface area contributed by atoms with Gasteiger partial charge in [0, 0.05) is 45.9 Å². The van der Waals surface area contributed by atoms with Crippen molar-refractivity contribution in [3.8, 4) is 16.9 Å². The van der Waals surface area contributed by atoms with Gasteiger partial charge in [0.05, 0.1) is 5.69 Å². The molecule has 4 amide bonds. The lowest BCUT2D eigenvalue weighted by molar-refractivity contribution is -0.134. The van der Waals surface area contributed by atoms with Gasteiger partial charge in [-0.05, 0) is 63.4 Å². The Morgan fingerprint density at radius 2 is 1.76 bits per heavy atom. The minimum Gasteiger partial charge on any atom is -0.484 e. The molecule has 2 fully saturated rings. The van der Waals surface area contributed by atoms with E-state index in [1.807, 2.05) is 18.2 Å². The number of para-hydroxylation sites is 1. The Labute approximate surface area is 209 Å². The summed E-state index contributed by atoms with van der Waals surface area (Å²) in [5, 5.41) is 2.92. The Balaban J connectivity index is 1.27. The normalized spacial score (nSPS) is 16.6. The molecule has 2 heterocycles. The van der Waals surface area contributed by atoms with Crippen LogP contribution in [0.3, 0.4) is 0 Å². The van der Waals surface area contributed by atoms with Crippen molar-refractivity contribution in [3.63, 3.8) is 0 Å². The van der Waals surface area contributed by atoms with E-state index in [2.05, 4.69) is 32.4 Å². The number of piperidine rings is 1. The lowest BCUT2D eigenvalue weighted by Crippen LogP contribution is -2.49. The van der Waals surface area contributed by atoms with Gasteiger partial charge < -0.3 is 14.5 Å². The fraction of sp³-hybridized carbons (Fsp3) is 0.292. The van der Waals surface area contributed by atoms with Gasteiger partial charge in [-0.25, -0.2) is 9.69 Å². The standard InChI is InChI=1S/C24H22IN3O4S/c25-33-15-12-18-6-8-21(9-7-18)32-17-23(30)26-13-10-19(11-14-26)27-16-22(29)28(24(27)31)20-4-2-1-3-5-20/h1-9,19H,10-11,13-14,16-17H2. The largest absolute Gasteiger partial charge is 0.484 e. The third-order valence-electron chi connectivity index (χ3n) is 5.71. The van der Waals surface area contributed by atoms with Crippen LogP contribution in [0.4, 0.5) is 10.5 Å². The van der Waals surface area contributed by atoms with E-state index >= 15 is 0 Å². The number of anilines is 1. The third-order valence-corrected chi connectivity index (χ3v) is 6.55. The molecule has 0 saturated carbocycles. The van der Waals surface area contributed by atoms with Crippen molar-refractivity contribution >= 4 is 53.7 Å². The molecule has 0 radical (unpaired) electrons. The smallest absolute Gasteiger partial charge is 0.332 e. The summed E-state index contributed by atoms with van der Waals surface area (Å²) in [5.41, 5.74) is 1.48. The topological polar surface area (TPSA) is 70.2 Å². The first kappa shape index (κ1) is 23.4. The van der Waals surface area contributed by atoms with Crippen molar-refractivity contribution in [3.05, 3.63) is 60.2 Å². The zero-order chi connectivity index (χ0) is 23.2. The van der Waals surface area contributed by atoms with Crippen LogP contribution < -0.4 is 9.64 Å². The molecular formula is C24H22IN3O4S. The number of hydrogen-bond acceptors (Lipinski definition) is 5. The lowest BCUT2D eigenvalue weighted by atomic mass is 10.0. The van der Waals surface area contributed by atoms with Gasteiger partial charge in [0.25, 0.3) is 11.8 Å². The Bertz CT molecular complexity index is 1080. The molecule has 2 aromatic rings. The van der Waals surface area contributed by atoms with Gasteiger partial charge in [0.1, 0.15) is 12.3 Å². The van der Waals surface area contributed by atoms with E-state index in [0.29, 0.717) is 37.4 Å². The fourth-order valence-corrected chi connectivity index (χ4v) is 4.50. The minimum atomic E-state index is -0.287. The quantitative estimate of drug-likeness (QED) is 0.307. The van der Waals surface area contributed by atoms with Crippen LogP contribution in [0.5, 0.6) is 5.75 Å². The zero-order valence-electron chi connectivity index (χ0n) is 17.8. The molecule has 2 aromatic carbocycles. The Hall–Kier alpha value is -2.71. The van der Waals surface area contributed by atoms with Crippen molar-refractivity contribution in [2.45, 2.75) is 18.9 Å². The number of rotatable bonds is 5. The summed E-state index contributed by atoms with van der Waals surface area (Å²) in [6.07, 6.45) is 1.27. The molecule has 2 aliphatic heterocycles. The SMILES string of the molecule is O=C(COc1ccc(C#CSI)cc1)N1CCC(N2CC(=O)N(c3ccccc3)C2=O)CC1. The monoisotopic (exact) mass is 575 g/mol. The van der Waals surface area contributed by atoms with Crippen LogP contribution in [0.25, 0.3) is 0 Å². The number of likely N-dealkylation sites (tertiary alicyclic amines) is 1. The highest BCUT2D eigenvalue weighted by atomic mass is 127. The number of hydrogen-bond donors (Lipinski definition) is 0. The first-order chi connectivity index (χ1) is 16.1. The molecule has 0 spiro atoms. The average molecular weight is 575 g/mol. The van der Waals surface area contributed by atoms with Crippen LogP contribution in [-0.2, 0) is 9.59 Å². The molecule has 0 N–H and O–H groups in total. The second-order valence-electron chi connectivity index (χ2n) is 7.70. The van der Waals surface area contributed by atoms with Crippen molar-refractivity contribution in [1.29, 1.82) is 0 Å². The van der Waals surface area contributed by atoms with E-state index in [1.54, 1.807) is 46.2 Å². The van der Waals surface area contributed by atoms with Crippen LogP contribution >= 0.6 is 30.1 Å². The number of carbonyl (C=O) groups excluding carboxylic acids is 3. The molecule has 0 atom stereocenters. The number of imide groups is 1. The van der Waals surface area contributed by atoms with Crippen LogP contribution in [0, 0.1) is 11.2 Å². The number of nitrogens with zero attached hydrogens (tertiary/aromatic N) is 3. The number of urea groups is 1. The van der Waals surface area contributed by atoms with Gasteiger partial charge >= 0.3 is 6.03 Å². The van der Waals surface area contributed by atoms with E-state index in [1.165, 1.54) is 13.8 Å². The predicted octanol–water partition coefficient (Wildman–Crippen LogP) is 3.92. The molecule has 0 bridgehead atoms. The number of ether oxygens (including phenoxy) is 1. The van der Waals surface area contributed by atoms with Crippen LogP contribution in [0.2, 0.25) is 0 Å². The molecule has 2 aliphatic rings. The highest BCUT2D eigenvalue weighted by molar-refractivity contribution is 14.2. The summed E-state index contributed by atoms with van der Waals surface area (Å²) in [6.45, 7) is 1.09. The van der Waals surface area contributed by atoms with E-state index in [-0.39, 0.29) is 37.0 Å². The molecule has 4 rings (SSSR count). The summed E-state index contributed by atoms with van der Waals surface area (Å²) >= 11 is 2.12. The molecule has 170 valence electrons. The first-order valence-electron chi connectivity index (χ1n) is 10.5. The molecule has 7 nitrogen and oxygen atoms in total. The minimum absolute atomic E-state index is 0.0395. The molecule has 0 aliphatic carbocycles. The first-order valence-corrected chi connectivity index (χ1v) is 13.9. The van der Waals surface area contributed by atoms with Crippen LogP contribution in [-0.4, -0.2) is 59.9 Å². The number of carbonyl (C=O) groups is 3. The second-order valence-corrected chi connectivity index (χ2v) is 9.38. The highest BCUT2D eigenvalue weighted by Gasteiger charge is 2.41. The van der Waals surface area contributed by atoms with Crippen LogP contribution in [0.1, 0.15) is 18.4 Å². The molecular weight excluding hydrogens is 553 g/mol. The maximum absolute atomic E-state index is 12.9. The summed E-state index contributed by atoms with van der Waals surface area (Å²) in [5.74, 6) is 3.32. The number of amides is 4. The van der Waals surface area contributed by atoms with Gasteiger partial charge in [-0.3, -0.25) is 9.59 Å². The summed E-state index contributed by atoms with van der Waals surface area (Å²) in [4.78, 5) is 42.6. The maximum atomic E-state index is 12.9. The van der Waals surface area contributed by atoms with Gasteiger partial charge in [-0.1, -0.05) is 24.1 Å². The molecule has 0 aromatic heterocycles. The summed E-state index contributed by atoms with van der Waals surface area (Å²) in [7, 11) is 1.42. The van der Waals surface area contributed by atoms with Crippen molar-refractivity contribution in [2.24, 2.45) is 0 Å². The Morgan fingerprint density at radius 3 is 2.42 bits per heavy atom.